The third-order valence-electron chi connectivity index (χ3n) is 2.44. The molecule has 0 radical (unpaired) electrons. The summed E-state index contributed by atoms with van der Waals surface area (Å²) in [6.45, 7) is 0. The van der Waals surface area contributed by atoms with Gasteiger partial charge in [0, 0.05) is 16.1 Å². The number of ether oxygens (including phenoxy) is 1. The second-order valence-electron chi connectivity index (χ2n) is 3.59. The van der Waals surface area contributed by atoms with Gasteiger partial charge in [0.05, 0.1) is 17.2 Å². The third-order valence-corrected chi connectivity index (χ3v) is 3.46. The SMILES string of the molecule is COc1ccc(F)cc1-c1cc(Cl)cc(Cl)c1Cl. The highest BCUT2D eigenvalue weighted by Gasteiger charge is 2.14. The molecular weight excluding hydrogens is 297 g/mol. The largest absolute Gasteiger partial charge is 0.496 e. The lowest BCUT2D eigenvalue weighted by atomic mass is 10.0. The first-order valence-corrected chi connectivity index (χ1v) is 6.14. The van der Waals surface area contributed by atoms with Crippen LogP contribution in [0.5, 0.6) is 5.75 Å². The quantitative estimate of drug-likeness (QED) is 0.669. The zero-order valence-corrected chi connectivity index (χ0v) is 11.6. The summed E-state index contributed by atoms with van der Waals surface area (Å²) in [5.74, 6) is 0.106. The minimum Gasteiger partial charge on any atom is -0.496 e. The first-order valence-electron chi connectivity index (χ1n) is 5.01. The highest BCUT2D eigenvalue weighted by molar-refractivity contribution is 6.45. The van der Waals surface area contributed by atoms with Gasteiger partial charge < -0.3 is 4.74 Å². The summed E-state index contributed by atoms with van der Waals surface area (Å²) >= 11 is 18.0. The lowest BCUT2D eigenvalue weighted by Crippen LogP contribution is -1.90. The van der Waals surface area contributed by atoms with Crippen LogP contribution in [0.15, 0.2) is 30.3 Å². The topological polar surface area (TPSA) is 9.23 Å². The molecule has 5 heteroatoms. The van der Waals surface area contributed by atoms with Crippen molar-refractivity contribution < 1.29 is 9.13 Å². The molecule has 94 valence electrons. The van der Waals surface area contributed by atoms with E-state index < -0.39 is 5.82 Å². The predicted octanol–water partition coefficient (Wildman–Crippen LogP) is 5.46. The van der Waals surface area contributed by atoms with E-state index in [-0.39, 0.29) is 0 Å². The molecule has 0 aliphatic rings. The fourth-order valence-corrected chi connectivity index (χ4v) is 2.35. The van der Waals surface area contributed by atoms with Crippen LogP contribution in [0.25, 0.3) is 11.1 Å². The molecule has 0 fully saturated rings. The van der Waals surface area contributed by atoms with E-state index in [0.717, 1.165) is 0 Å². The average molecular weight is 306 g/mol. The molecule has 0 atom stereocenters. The second-order valence-corrected chi connectivity index (χ2v) is 4.82. The van der Waals surface area contributed by atoms with Crippen LogP contribution in [0, 0.1) is 5.82 Å². The standard InChI is InChI=1S/C13H8Cl3FO/c1-18-12-3-2-8(17)6-9(12)10-4-7(14)5-11(15)13(10)16/h2-6H,1H3. The van der Waals surface area contributed by atoms with Crippen molar-refractivity contribution in [2.24, 2.45) is 0 Å². The van der Waals surface area contributed by atoms with Gasteiger partial charge in [-0.2, -0.15) is 0 Å². The van der Waals surface area contributed by atoms with E-state index in [2.05, 4.69) is 0 Å². The summed E-state index contributed by atoms with van der Waals surface area (Å²) in [5.41, 5.74) is 1.04. The zero-order chi connectivity index (χ0) is 13.3. The van der Waals surface area contributed by atoms with Gasteiger partial charge in [-0.15, -0.1) is 0 Å². The van der Waals surface area contributed by atoms with Crippen molar-refractivity contribution in [1.29, 1.82) is 0 Å². The molecule has 0 aliphatic heterocycles. The maximum absolute atomic E-state index is 13.3. The Morgan fingerprint density at radius 2 is 1.72 bits per heavy atom. The number of hydrogen-bond donors (Lipinski definition) is 0. The molecule has 0 heterocycles. The molecule has 0 unspecified atom stereocenters. The third kappa shape index (κ3) is 2.56. The second kappa shape index (κ2) is 5.35. The van der Waals surface area contributed by atoms with Crippen molar-refractivity contribution in [2.75, 3.05) is 7.11 Å². The van der Waals surface area contributed by atoms with Crippen LogP contribution in [0.1, 0.15) is 0 Å². The fourth-order valence-electron chi connectivity index (χ4n) is 1.64. The van der Waals surface area contributed by atoms with Crippen molar-refractivity contribution >= 4 is 34.8 Å². The summed E-state index contributed by atoms with van der Waals surface area (Å²) in [4.78, 5) is 0. The van der Waals surface area contributed by atoms with Crippen LogP contribution in [-0.2, 0) is 0 Å². The van der Waals surface area contributed by atoms with Crippen LogP contribution in [0.4, 0.5) is 4.39 Å². The van der Waals surface area contributed by atoms with Gasteiger partial charge in [-0.25, -0.2) is 4.39 Å². The maximum atomic E-state index is 13.3. The van der Waals surface area contributed by atoms with Gasteiger partial charge >= 0.3 is 0 Å². The fraction of sp³-hybridized carbons (Fsp3) is 0.0769. The van der Waals surface area contributed by atoms with E-state index in [1.807, 2.05) is 0 Å². The van der Waals surface area contributed by atoms with E-state index in [9.17, 15) is 4.39 Å². The van der Waals surface area contributed by atoms with Crippen LogP contribution < -0.4 is 4.74 Å². The monoisotopic (exact) mass is 304 g/mol. The van der Waals surface area contributed by atoms with Crippen LogP contribution >= 0.6 is 34.8 Å². The summed E-state index contributed by atoms with van der Waals surface area (Å²) in [7, 11) is 1.50. The van der Waals surface area contributed by atoms with Gasteiger partial charge in [-0.1, -0.05) is 34.8 Å². The molecule has 0 N–H and O–H groups in total. The average Bonchev–Trinajstić information content (AvgIpc) is 2.33. The molecule has 0 aromatic heterocycles. The minimum absolute atomic E-state index is 0.310. The number of halogens is 4. The van der Waals surface area contributed by atoms with Gasteiger partial charge in [0.15, 0.2) is 0 Å². The van der Waals surface area contributed by atoms with Crippen molar-refractivity contribution in [3.63, 3.8) is 0 Å². The molecular formula is C13H8Cl3FO. The Balaban J connectivity index is 2.72. The molecule has 0 bridgehead atoms. The maximum Gasteiger partial charge on any atom is 0.126 e. The summed E-state index contributed by atoms with van der Waals surface area (Å²) in [5, 5.41) is 1.04. The number of hydrogen-bond acceptors (Lipinski definition) is 1. The van der Waals surface area contributed by atoms with Gasteiger partial charge in [-0.05, 0) is 30.3 Å². The normalized spacial score (nSPS) is 10.5. The van der Waals surface area contributed by atoms with Gasteiger partial charge in [0.25, 0.3) is 0 Å². The number of methoxy groups -OCH3 is 1. The van der Waals surface area contributed by atoms with Crippen LogP contribution in [0.3, 0.4) is 0 Å². The van der Waals surface area contributed by atoms with Gasteiger partial charge in [0.1, 0.15) is 11.6 Å². The summed E-state index contributed by atoms with van der Waals surface area (Å²) < 4.78 is 18.5. The molecule has 0 aliphatic carbocycles. The lowest BCUT2D eigenvalue weighted by Gasteiger charge is -2.11. The minimum atomic E-state index is -0.391. The predicted molar refractivity (Wildman–Crippen MR) is 73.4 cm³/mol. The van der Waals surface area contributed by atoms with Crippen LogP contribution in [0.2, 0.25) is 15.1 Å². The molecule has 0 saturated carbocycles. The van der Waals surface area contributed by atoms with Crippen molar-refractivity contribution in [3.05, 3.63) is 51.2 Å². The Morgan fingerprint density at radius 1 is 1.00 bits per heavy atom. The Bertz CT molecular complexity index is 599. The van der Waals surface area contributed by atoms with E-state index in [1.54, 1.807) is 6.07 Å². The van der Waals surface area contributed by atoms with Crippen LogP contribution in [-0.4, -0.2) is 7.11 Å². The van der Waals surface area contributed by atoms with E-state index in [0.29, 0.717) is 31.9 Å². The first kappa shape index (κ1) is 13.5. The molecule has 0 amide bonds. The zero-order valence-electron chi connectivity index (χ0n) is 9.31. The smallest absolute Gasteiger partial charge is 0.126 e. The van der Waals surface area contributed by atoms with E-state index in [4.69, 9.17) is 39.5 Å². The van der Waals surface area contributed by atoms with Gasteiger partial charge in [-0.3, -0.25) is 0 Å². The van der Waals surface area contributed by atoms with Gasteiger partial charge in [0.2, 0.25) is 0 Å². The Kier molecular flexibility index (Phi) is 4.00. The number of benzene rings is 2. The molecule has 1 nitrogen and oxygen atoms in total. The molecule has 18 heavy (non-hydrogen) atoms. The first-order chi connectivity index (χ1) is 8.52. The molecule has 2 rings (SSSR count). The molecule has 0 saturated heterocycles. The number of rotatable bonds is 2. The van der Waals surface area contributed by atoms with E-state index in [1.165, 1.54) is 31.4 Å². The van der Waals surface area contributed by atoms with Crippen molar-refractivity contribution in [1.82, 2.24) is 0 Å². The molecule has 2 aromatic rings. The Hall–Kier alpha value is -0.960. The molecule has 2 aromatic carbocycles. The highest BCUT2D eigenvalue weighted by Crippen LogP contribution is 2.40. The van der Waals surface area contributed by atoms with Crippen molar-refractivity contribution in [3.8, 4) is 16.9 Å². The van der Waals surface area contributed by atoms with Crippen molar-refractivity contribution in [2.45, 2.75) is 0 Å². The lowest BCUT2D eigenvalue weighted by molar-refractivity contribution is 0.415. The Labute approximate surface area is 119 Å². The molecule has 0 spiro atoms. The summed E-state index contributed by atoms with van der Waals surface area (Å²) in [6, 6.07) is 7.30. The highest BCUT2D eigenvalue weighted by atomic mass is 35.5. The van der Waals surface area contributed by atoms with E-state index >= 15 is 0 Å². The summed E-state index contributed by atoms with van der Waals surface area (Å²) in [6.07, 6.45) is 0. The Morgan fingerprint density at radius 3 is 2.39 bits per heavy atom.